The number of allylic oxidation sites excluding steroid dienone is 2. The van der Waals surface area contributed by atoms with E-state index in [0.29, 0.717) is 13.0 Å². The first-order valence-corrected chi connectivity index (χ1v) is 11.0. The number of hydrogen-bond acceptors (Lipinski definition) is 3. The Morgan fingerprint density at radius 1 is 0.852 bits per heavy atom. The number of pyridine rings is 1. The van der Waals surface area contributed by atoms with Crippen LogP contribution in [0.2, 0.25) is 0 Å². The van der Waals surface area contributed by atoms with Crippen molar-refractivity contribution in [3.05, 3.63) is 42.2 Å². The lowest BCUT2D eigenvalue weighted by atomic mass is 10.1. The summed E-state index contributed by atoms with van der Waals surface area (Å²) in [5.41, 5.74) is 0.989. The molecule has 0 spiro atoms. The first kappa shape index (κ1) is 23.4. The highest BCUT2D eigenvalue weighted by Gasteiger charge is 2.03. The molecule has 27 heavy (non-hydrogen) atoms. The number of nitrogens with zero attached hydrogens (tertiary/aromatic N) is 1. The van der Waals surface area contributed by atoms with Gasteiger partial charge in [0.2, 0.25) is 0 Å². The Morgan fingerprint density at radius 3 is 2.04 bits per heavy atom. The summed E-state index contributed by atoms with van der Waals surface area (Å²) in [6.07, 6.45) is 25.2. The number of rotatable bonds is 17. The van der Waals surface area contributed by atoms with Crippen LogP contribution < -0.4 is 0 Å². The summed E-state index contributed by atoms with van der Waals surface area (Å²) in [4.78, 5) is 15.7. The quantitative estimate of drug-likeness (QED) is 0.165. The number of esters is 1. The van der Waals surface area contributed by atoms with E-state index in [9.17, 15) is 4.79 Å². The molecule has 0 aliphatic heterocycles. The molecule has 0 unspecified atom stereocenters. The normalized spacial score (nSPS) is 11.1. The van der Waals surface area contributed by atoms with Crippen LogP contribution in [0.25, 0.3) is 0 Å². The van der Waals surface area contributed by atoms with E-state index < -0.39 is 0 Å². The number of hydrogen-bond donors (Lipinski definition) is 0. The minimum atomic E-state index is -0.0931. The lowest BCUT2D eigenvalue weighted by molar-refractivity contribution is -0.145. The molecule has 0 amide bonds. The third kappa shape index (κ3) is 15.1. The summed E-state index contributed by atoms with van der Waals surface area (Å²) in [6, 6.07) is 3.74. The second-order valence-corrected chi connectivity index (χ2v) is 7.35. The molecule has 1 heterocycles. The predicted octanol–water partition coefficient (Wildman–Crippen LogP) is 7.16. The molecule has 0 radical (unpaired) electrons. The van der Waals surface area contributed by atoms with Crippen molar-refractivity contribution >= 4 is 5.97 Å². The SMILES string of the molecule is CCCCCCCCC=CCCCCCCCC(=O)OCc1ccncc1. The summed E-state index contributed by atoms with van der Waals surface area (Å²) in [5, 5.41) is 0. The molecular weight excluding hydrogens is 334 g/mol. The zero-order chi connectivity index (χ0) is 19.4. The van der Waals surface area contributed by atoms with Gasteiger partial charge < -0.3 is 4.74 Å². The van der Waals surface area contributed by atoms with Crippen molar-refractivity contribution in [3.8, 4) is 0 Å². The van der Waals surface area contributed by atoms with Gasteiger partial charge in [0.1, 0.15) is 6.61 Å². The number of carbonyl (C=O) groups excluding carboxylic acids is 1. The van der Waals surface area contributed by atoms with Crippen molar-refractivity contribution in [1.82, 2.24) is 4.98 Å². The molecule has 0 fully saturated rings. The molecule has 3 nitrogen and oxygen atoms in total. The molecule has 0 bridgehead atoms. The van der Waals surface area contributed by atoms with Crippen LogP contribution in [-0.2, 0) is 16.1 Å². The van der Waals surface area contributed by atoms with Gasteiger partial charge in [0.25, 0.3) is 0 Å². The van der Waals surface area contributed by atoms with Gasteiger partial charge in [-0.25, -0.2) is 0 Å². The fourth-order valence-electron chi connectivity index (χ4n) is 3.06. The molecular formula is C24H39NO2. The molecule has 1 aromatic rings. The fraction of sp³-hybridized carbons (Fsp3) is 0.667. The van der Waals surface area contributed by atoms with Crippen LogP contribution in [-0.4, -0.2) is 11.0 Å². The van der Waals surface area contributed by atoms with E-state index >= 15 is 0 Å². The van der Waals surface area contributed by atoms with Gasteiger partial charge in [0.05, 0.1) is 0 Å². The van der Waals surface area contributed by atoms with Crippen LogP contribution >= 0.6 is 0 Å². The number of unbranched alkanes of at least 4 members (excludes halogenated alkanes) is 11. The summed E-state index contributed by atoms with van der Waals surface area (Å²) in [5.74, 6) is -0.0931. The molecule has 0 aromatic carbocycles. The van der Waals surface area contributed by atoms with E-state index in [4.69, 9.17) is 4.74 Å². The standard InChI is InChI=1S/C24H39NO2/c1-2-3-4-5-6-7-8-9-10-11-12-13-14-15-16-17-24(26)27-22-23-18-20-25-21-19-23/h9-10,18-21H,2-8,11-17,22H2,1H3. The van der Waals surface area contributed by atoms with Gasteiger partial charge >= 0.3 is 5.97 Å². The Kier molecular flexibility index (Phi) is 15.4. The average molecular weight is 374 g/mol. The van der Waals surface area contributed by atoms with E-state index in [1.54, 1.807) is 12.4 Å². The fourth-order valence-corrected chi connectivity index (χ4v) is 3.06. The minimum Gasteiger partial charge on any atom is -0.461 e. The van der Waals surface area contributed by atoms with Crippen LogP contribution in [0, 0.1) is 0 Å². The monoisotopic (exact) mass is 373 g/mol. The van der Waals surface area contributed by atoms with Crippen molar-refractivity contribution in [2.24, 2.45) is 0 Å². The lowest BCUT2D eigenvalue weighted by Gasteiger charge is -2.04. The van der Waals surface area contributed by atoms with Gasteiger partial charge in [-0.15, -0.1) is 0 Å². The van der Waals surface area contributed by atoms with E-state index in [1.807, 2.05) is 12.1 Å². The maximum Gasteiger partial charge on any atom is 0.306 e. The van der Waals surface area contributed by atoms with Gasteiger partial charge in [-0.1, -0.05) is 70.4 Å². The van der Waals surface area contributed by atoms with Crippen molar-refractivity contribution in [2.45, 2.75) is 103 Å². The van der Waals surface area contributed by atoms with Crippen LogP contribution in [0.15, 0.2) is 36.7 Å². The van der Waals surface area contributed by atoms with Crippen LogP contribution in [0.4, 0.5) is 0 Å². The van der Waals surface area contributed by atoms with E-state index in [-0.39, 0.29) is 5.97 Å². The number of aromatic nitrogens is 1. The third-order valence-corrected chi connectivity index (χ3v) is 4.79. The molecule has 1 aromatic heterocycles. The smallest absolute Gasteiger partial charge is 0.306 e. The van der Waals surface area contributed by atoms with E-state index in [1.165, 1.54) is 70.6 Å². The highest BCUT2D eigenvalue weighted by atomic mass is 16.5. The zero-order valence-corrected chi connectivity index (χ0v) is 17.3. The molecule has 0 N–H and O–H groups in total. The van der Waals surface area contributed by atoms with Gasteiger partial charge in [-0.2, -0.15) is 0 Å². The lowest BCUT2D eigenvalue weighted by Crippen LogP contribution is -2.04. The maximum absolute atomic E-state index is 11.7. The van der Waals surface area contributed by atoms with Crippen molar-refractivity contribution < 1.29 is 9.53 Å². The largest absolute Gasteiger partial charge is 0.461 e. The van der Waals surface area contributed by atoms with Crippen LogP contribution in [0.1, 0.15) is 102 Å². The zero-order valence-electron chi connectivity index (χ0n) is 17.3. The summed E-state index contributed by atoms with van der Waals surface area (Å²) >= 11 is 0. The number of carbonyl (C=O) groups is 1. The molecule has 0 saturated carbocycles. The molecule has 0 atom stereocenters. The second-order valence-electron chi connectivity index (χ2n) is 7.35. The van der Waals surface area contributed by atoms with Gasteiger partial charge in [0.15, 0.2) is 0 Å². The van der Waals surface area contributed by atoms with Crippen LogP contribution in [0.5, 0.6) is 0 Å². The highest BCUT2D eigenvalue weighted by Crippen LogP contribution is 2.10. The predicted molar refractivity (Wildman–Crippen MR) is 113 cm³/mol. The van der Waals surface area contributed by atoms with Crippen molar-refractivity contribution in [2.75, 3.05) is 0 Å². The van der Waals surface area contributed by atoms with Crippen molar-refractivity contribution in [1.29, 1.82) is 0 Å². The van der Waals surface area contributed by atoms with Gasteiger partial charge in [0, 0.05) is 18.8 Å². The van der Waals surface area contributed by atoms with E-state index in [0.717, 1.165) is 18.4 Å². The Bertz CT molecular complexity index is 484. The third-order valence-electron chi connectivity index (χ3n) is 4.79. The van der Waals surface area contributed by atoms with Crippen LogP contribution in [0.3, 0.4) is 0 Å². The summed E-state index contributed by atoms with van der Waals surface area (Å²) in [7, 11) is 0. The first-order valence-electron chi connectivity index (χ1n) is 11.0. The maximum atomic E-state index is 11.7. The summed E-state index contributed by atoms with van der Waals surface area (Å²) in [6.45, 7) is 2.62. The molecule has 0 aliphatic carbocycles. The summed E-state index contributed by atoms with van der Waals surface area (Å²) < 4.78 is 5.27. The Hall–Kier alpha value is -1.64. The van der Waals surface area contributed by atoms with Gasteiger partial charge in [-0.05, 0) is 49.8 Å². The molecule has 1 rings (SSSR count). The Morgan fingerprint density at radius 2 is 1.41 bits per heavy atom. The second kappa shape index (κ2) is 17.8. The molecule has 0 saturated heterocycles. The molecule has 0 aliphatic rings. The highest BCUT2D eigenvalue weighted by molar-refractivity contribution is 5.69. The molecule has 3 heteroatoms. The average Bonchev–Trinajstić information content (AvgIpc) is 2.70. The van der Waals surface area contributed by atoms with Crippen molar-refractivity contribution in [3.63, 3.8) is 0 Å². The first-order chi connectivity index (χ1) is 13.3. The number of ether oxygens (including phenoxy) is 1. The topological polar surface area (TPSA) is 39.2 Å². The van der Waals surface area contributed by atoms with E-state index in [2.05, 4.69) is 24.1 Å². The van der Waals surface area contributed by atoms with Gasteiger partial charge in [-0.3, -0.25) is 9.78 Å². The Labute approximate surface area is 166 Å². The molecule has 152 valence electrons. The Balaban J connectivity index is 1.82. The minimum absolute atomic E-state index is 0.0931.